The van der Waals surface area contributed by atoms with Crippen LogP contribution in [0.15, 0.2) is 42.4 Å². The van der Waals surface area contributed by atoms with Crippen LogP contribution in [0.2, 0.25) is 0 Å². The summed E-state index contributed by atoms with van der Waals surface area (Å²) in [6.07, 6.45) is 0.836. The van der Waals surface area contributed by atoms with Gasteiger partial charge in [0.05, 0.1) is 0 Å². The molecule has 0 aromatic heterocycles. The van der Waals surface area contributed by atoms with Crippen LogP contribution in [0.1, 0.15) is 25.0 Å². The lowest BCUT2D eigenvalue weighted by Gasteiger charge is -2.21. The Balaban J connectivity index is 1.71. The van der Waals surface area contributed by atoms with Gasteiger partial charge in [-0.2, -0.15) is 0 Å². The first kappa shape index (κ1) is 13.9. The summed E-state index contributed by atoms with van der Waals surface area (Å²) in [6, 6.07) is 9.74. The fourth-order valence-electron chi connectivity index (χ4n) is 2.76. The van der Waals surface area contributed by atoms with E-state index >= 15 is 0 Å². The van der Waals surface area contributed by atoms with Gasteiger partial charge in [0.15, 0.2) is 0 Å². The normalized spacial score (nSPS) is 29.3. The van der Waals surface area contributed by atoms with Crippen molar-refractivity contribution in [3.8, 4) is 0 Å². The van der Waals surface area contributed by atoms with Crippen LogP contribution in [-0.4, -0.2) is 25.5 Å². The zero-order valence-electron chi connectivity index (χ0n) is 12.0. The van der Waals surface area contributed by atoms with Gasteiger partial charge in [0.1, 0.15) is 30.1 Å². The maximum Gasteiger partial charge on any atom is 0.317 e. The minimum Gasteiger partial charge on any atom is -0.459 e. The maximum atomic E-state index is 12.1. The second-order valence-electron chi connectivity index (χ2n) is 5.24. The first-order valence-electron chi connectivity index (χ1n) is 6.96. The smallest absolute Gasteiger partial charge is 0.317 e. The van der Waals surface area contributed by atoms with Gasteiger partial charge in [-0.15, -0.1) is 0 Å². The molecule has 3 rings (SSSR count). The fraction of sp³-hybridized carbons (Fsp3) is 0.438. The highest BCUT2D eigenvalue weighted by molar-refractivity contribution is 5.75. The zero-order valence-corrected chi connectivity index (χ0v) is 12.0. The minimum absolute atomic E-state index is 0.282. The molecule has 0 saturated carbocycles. The zero-order chi connectivity index (χ0) is 14.8. The molecule has 2 heterocycles. The highest BCUT2D eigenvalue weighted by Gasteiger charge is 2.46. The summed E-state index contributed by atoms with van der Waals surface area (Å²) in [5.74, 6) is -0.0567. The number of hydrogen-bond donors (Lipinski definition) is 0. The molecule has 5 heteroatoms. The van der Waals surface area contributed by atoms with Crippen LogP contribution >= 0.6 is 0 Å². The summed E-state index contributed by atoms with van der Waals surface area (Å²) in [4.78, 5) is 12.1. The summed E-state index contributed by atoms with van der Waals surface area (Å²) in [7, 11) is 1.62. The summed E-state index contributed by atoms with van der Waals surface area (Å²) in [5, 5.41) is 0. The highest BCUT2D eigenvalue weighted by Crippen LogP contribution is 2.37. The third-order valence-corrected chi connectivity index (χ3v) is 3.77. The molecular formula is C16H18O5. The Morgan fingerprint density at radius 2 is 2.00 bits per heavy atom. The van der Waals surface area contributed by atoms with Gasteiger partial charge in [0.2, 0.25) is 0 Å². The number of allylic oxidation sites excluding steroid dienone is 1. The van der Waals surface area contributed by atoms with Crippen LogP contribution in [0.25, 0.3) is 0 Å². The van der Waals surface area contributed by atoms with E-state index in [2.05, 4.69) is 0 Å². The van der Waals surface area contributed by atoms with Crippen LogP contribution < -0.4 is 0 Å². The van der Waals surface area contributed by atoms with E-state index in [0.717, 1.165) is 5.56 Å². The molecule has 5 nitrogen and oxygen atoms in total. The van der Waals surface area contributed by atoms with Crippen molar-refractivity contribution in [2.24, 2.45) is 5.92 Å². The average Bonchev–Trinajstić information content (AvgIpc) is 3.07. The SMILES string of the molecule is COC(c1ccccc1)C1CC(C2OC=C(C)O2)C(=O)O1. The molecule has 2 aliphatic rings. The van der Waals surface area contributed by atoms with Crippen molar-refractivity contribution >= 4 is 5.97 Å². The first-order valence-corrected chi connectivity index (χ1v) is 6.96. The molecule has 0 aliphatic carbocycles. The molecule has 0 radical (unpaired) electrons. The third-order valence-electron chi connectivity index (χ3n) is 3.77. The second kappa shape index (κ2) is 5.77. The number of esters is 1. The standard InChI is InChI=1S/C16H18O5/c1-10-9-19-16(20-10)12-8-13(21-15(12)17)14(18-2)11-6-4-3-5-7-11/h3-7,9,12-14,16H,8H2,1-2H3. The summed E-state index contributed by atoms with van der Waals surface area (Å²) >= 11 is 0. The van der Waals surface area contributed by atoms with Gasteiger partial charge < -0.3 is 18.9 Å². The predicted molar refractivity (Wildman–Crippen MR) is 73.9 cm³/mol. The summed E-state index contributed by atoms with van der Waals surface area (Å²) in [5.41, 5.74) is 0.987. The number of rotatable bonds is 4. The van der Waals surface area contributed by atoms with Gasteiger partial charge in [-0.3, -0.25) is 4.79 Å². The molecule has 0 bridgehead atoms. The Bertz CT molecular complexity index is 539. The molecular weight excluding hydrogens is 272 g/mol. The largest absolute Gasteiger partial charge is 0.459 e. The van der Waals surface area contributed by atoms with Crippen molar-refractivity contribution < 1.29 is 23.7 Å². The Morgan fingerprint density at radius 1 is 1.24 bits per heavy atom. The molecule has 4 atom stereocenters. The predicted octanol–water partition coefficient (Wildman–Crippen LogP) is 2.54. The minimum atomic E-state index is -0.587. The van der Waals surface area contributed by atoms with Crippen molar-refractivity contribution in [2.75, 3.05) is 7.11 Å². The topological polar surface area (TPSA) is 54.0 Å². The Hall–Kier alpha value is -2.01. The molecule has 0 amide bonds. The van der Waals surface area contributed by atoms with Gasteiger partial charge in [-0.25, -0.2) is 0 Å². The van der Waals surface area contributed by atoms with Gasteiger partial charge in [-0.1, -0.05) is 30.3 Å². The van der Waals surface area contributed by atoms with Crippen LogP contribution in [0, 0.1) is 5.92 Å². The van der Waals surface area contributed by atoms with Crippen molar-refractivity contribution in [3.05, 3.63) is 47.9 Å². The van der Waals surface area contributed by atoms with Crippen molar-refractivity contribution in [1.82, 2.24) is 0 Å². The van der Waals surface area contributed by atoms with E-state index < -0.39 is 12.2 Å². The second-order valence-corrected chi connectivity index (χ2v) is 5.24. The maximum absolute atomic E-state index is 12.1. The van der Waals surface area contributed by atoms with Crippen LogP contribution in [-0.2, 0) is 23.7 Å². The molecule has 4 unspecified atom stereocenters. The van der Waals surface area contributed by atoms with Crippen LogP contribution in [0.3, 0.4) is 0 Å². The van der Waals surface area contributed by atoms with Crippen LogP contribution in [0.4, 0.5) is 0 Å². The summed E-state index contributed by atoms with van der Waals surface area (Å²) in [6.45, 7) is 1.79. The number of carbonyl (C=O) groups excluding carboxylic acids is 1. The van der Waals surface area contributed by atoms with Crippen molar-refractivity contribution in [3.63, 3.8) is 0 Å². The molecule has 1 aromatic rings. The number of carbonyl (C=O) groups is 1. The van der Waals surface area contributed by atoms with E-state index in [4.69, 9.17) is 18.9 Å². The Labute approximate surface area is 123 Å². The van der Waals surface area contributed by atoms with Gasteiger partial charge in [0.25, 0.3) is 6.29 Å². The lowest BCUT2D eigenvalue weighted by Crippen LogP contribution is -2.25. The fourth-order valence-corrected chi connectivity index (χ4v) is 2.76. The van der Waals surface area contributed by atoms with Crippen molar-refractivity contribution in [2.45, 2.75) is 31.8 Å². The quantitative estimate of drug-likeness (QED) is 0.798. The Morgan fingerprint density at radius 3 is 2.62 bits per heavy atom. The third kappa shape index (κ3) is 2.74. The molecule has 1 aromatic carbocycles. The molecule has 2 aliphatic heterocycles. The average molecular weight is 290 g/mol. The van der Waals surface area contributed by atoms with E-state index in [-0.39, 0.29) is 18.2 Å². The molecule has 0 spiro atoms. The van der Waals surface area contributed by atoms with E-state index in [9.17, 15) is 4.79 Å². The summed E-state index contributed by atoms with van der Waals surface area (Å²) < 4.78 is 21.9. The molecule has 112 valence electrons. The van der Waals surface area contributed by atoms with Gasteiger partial charge in [-0.05, 0) is 12.5 Å². The monoisotopic (exact) mass is 290 g/mol. The van der Waals surface area contributed by atoms with Gasteiger partial charge >= 0.3 is 5.97 Å². The Kier molecular flexibility index (Phi) is 3.84. The molecule has 0 N–H and O–H groups in total. The first-order chi connectivity index (χ1) is 10.2. The van der Waals surface area contributed by atoms with E-state index in [0.29, 0.717) is 12.2 Å². The van der Waals surface area contributed by atoms with Crippen LogP contribution in [0.5, 0.6) is 0 Å². The molecule has 1 fully saturated rings. The number of ether oxygens (including phenoxy) is 4. The highest BCUT2D eigenvalue weighted by atomic mass is 16.7. The number of cyclic esters (lactones) is 1. The van der Waals surface area contributed by atoms with Gasteiger partial charge in [0, 0.05) is 13.5 Å². The lowest BCUT2D eigenvalue weighted by atomic mass is 9.97. The number of methoxy groups -OCH3 is 1. The molecule has 21 heavy (non-hydrogen) atoms. The lowest BCUT2D eigenvalue weighted by molar-refractivity contribution is -0.156. The van der Waals surface area contributed by atoms with E-state index in [1.807, 2.05) is 30.3 Å². The van der Waals surface area contributed by atoms with E-state index in [1.165, 1.54) is 6.26 Å². The van der Waals surface area contributed by atoms with E-state index in [1.54, 1.807) is 14.0 Å². The molecule has 1 saturated heterocycles. The number of benzene rings is 1. The number of hydrogen-bond acceptors (Lipinski definition) is 5. The van der Waals surface area contributed by atoms with Crippen molar-refractivity contribution in [1.29, 1.82) is 0 Å².